The number of rotatable bonds is 4. The molecule has 2 aliphatic rings. The molecule has 0 saturated carbocycles. The molecule has 0 radical (unpaired) electrons. The van der Waals surface area contributed by atoms with Gasteiger partial charge in [-0.05, 0) is 54.9 Å². The van der Waals surface area contributed by atoms with Crippen molar-refractivity contribution in [1.29, 1.82) is 0 Å². The molecular formula is C19H25F2NO2S. The zero-order valence-corrected chi connectivity index (χ0v) is 15.8. The van der Waals surface area contributed by atoms with Crippen LogP contribution >= 0.6 is 11.3 Å². The minimum atomic E-state index is -2.70. The SMILES string of the molecule is CNCC1=C(c2sc3c(c2C(=O)O)CC(C)(C)CC3)CCC(F)(F)C1. The van der Waals surface area contributed by atoms with Gasteiger partial charge in [-0.2, -0.15) is 0 Å². The second-order valence-electron chi connectivity index (χ2n) is 8.00. The normalized spacial score (nSPS) is 22.0. The van der Waals surface area contributed by atoms with E-state index < -0.39 is 11.9 Å². The van der Waals surface area contributed by atoms with Gasteiger partial charge in [-0.1, -0.05) is 13.8 Å². The Kier molecular flexibility index (Phi) is 4.79. The second kappa shape index (κ2) is 6.47. The number of carboxylic acid groups (broad SMARTS) is 1. The Morgan fingerprint density at radius 1 is 1.24 bits per heavy atom. The lowest BCUT2D eigenvalue weighted by atomic mass is 9.75. The minimum Gasteiger partial charge on any atom is -0.478 e. The summed E-state index contributed by atoms with van der Waals surface area (Å²) in [6.07, 6.45) is 2.40. The molecule has 3 rings (SSSR count). The van der Waals surface area contributed by atoms with Gasteiger partial charge in [-0.3, -0.25) is 0 Å². The molecule has 2 aliphatic carbocycles. The monoisotopic (exact) mass is 369 g/mol. The minimum absolute atomic E-state index is 0.0807. The summed E-state index contributed by atoms with van der Waals surface area (Å²) in [4.78, 5) is 13.9. The molecule has 138 valence electrons. The Labute approximate surface area is 151 Å². The van der Waals surface area contributed by atoms with Crippen LogP contribution in [0, 0.1) is 5.41 Å². The maximum Gasteiger partial charge on any atom is 0.337 e. The highest BCUT2D eigenvalue weighted by Gasteiger charge is 2.39. The Hall–Kier alpha value is -1.27. The Morgan fingerprint density at radius 3 is 2.60 bits per heavy atom. The van der Waals surface area contributed by atoms with E-state index in [-0.39, 0.29) is 24.7 Å². The number of aromatic carboxylic acids is 1. The summed E-state index contributed by atoms with van der Waals surface area (Å²) in [5, 5.41) is 12.8. The van der Waals surface area contributed by atoms with Gasteiger partial charge in [0, 0.05) is 29.1 Å². The molecule has 0 bridgehead atoms. The van der Waals surface area contributed by atoms with Crippen LogP contribution in [0.25, 0.3) is 5.57 Å². The van der Waals surface area contributed by atoms with Crippen LogP contribution in [-0.2, 0) is 12.8 Å². The molecule has 0 aliphatic heterocycles. The summed E-state index contributed by atoms with van der Waals surface area (Å²) < 4.78 is 27.8. The Morgan fingerprint density at radius 2 is 1.96 bits per heavy atom. The van der Waals surface area contributed by atoms with E-state index in [2.05, 4.69) is 19.2 Å². The van der Waals surface area contributed by atoms with Gasteiger partial charge in [-0.15, -0.1) is 11.3 Å². The number of allylic oxidation sites excluding steroid dienone is 1. The predicted molar refractivity (Wildman–Crippen MR) is 96.7 cm³/mol. The highest BCUT2D eigenvalue weighted by atomic mass is 32.1. The van der Waals surface area contributed by atoms with Crippen molar-refractivity contribution in [2.45, 2.75) is 58.3 Å². The van der Waals surface area contributed by atoms with Crippen LogP contribution in [0.5, 0.6) is 0 Å². The molecule has 1 heterocycles. The first kappa shape index (κ1) is 18.5. The van der Waals surface area contributed by atoms with Crippen molar-refractivity contribution in [1.82, 2.24) is 5.32 Å². The first-order valence-electron chi connectivity index (χ1n) is 8.75. The van der Waals surface area contributed by atoms with Gasteiger partial charge in [-0.25, -0.2) is 13.6 Å². The molecule has 6 heteroatoms. The molecule has 25 heavy (non-hydrogen) atoms. The molecular weight excluding hydrogens is 344 g/mol. The zero-order chi connectivity index (χ0) is 18.4. The lowest BCUT2D eigenvalue weighted by molar-refractivity contribution is -0.00958. The molecule has 0 fully saturated rings. The molecule has 0 spiro atoms. The van der Waals surface area contributed by atoms with E-state index in [1.165, 1.54) is 11.3 Å². The van der Waals surface area contributed by atoms with Gasteiger partial charge >= 0.3 is 5.97 Å². The summed E-state index contributed by atoms with van der Waals surface area (Å²) in [6, 6.07) is 0. The lowest BCUT2D eigenvalue weighted by Crippen LogP contribution is -2.26. The van der Waals surface area contributed by atoms with E-state index in [9.17, 15) is 18.7 Å². The van der Waals surface area contributed by atoms with E-state index in [1.807, 2.05) is 0 Å². The number of thiophene rings is 1. The molecule has 0 amide bonds. The highest BCUT2D eigenvalue weighted by molar-refractivity contribution is 7.13. The number of alkyl halides is 2. The third kappa shape index (κ3) is 3.65. The first-order chi connectivity index (χ1) is 11.6. The standard InChI is InChI=1S/C19H25F2NO2S/c1-18(2)6-5-14-13(9-18)15(17(23)24)16(25-14)12-4-7-19(20,21)8-11(12)10-22-3/h22H,4-10H2,1-3H3,(H,23,24). The quantitative estimate of drug-likeness (QED) is 0.805. The third-order valence-electron chi connectivity index (χ3n) is 5.29. The van der Waals surface area contributed by atoms with Crippen LogP contribution < -0.4 is 5.32 Å². The van der Waals surface area contributed by atoms with Crippen molar-refractivity contribution in [3.63, 3.8) is 0 Å². The van der Waals surface area contributed by atoms with Crippen LogP contribution in [-0.4, -0.2) is 30.6 Å². The van der Waals surface area contributed by atoms with Crippen molar-refractivity contribution in [2.75, 3.05) is 13.6 Å². The second-order valence-corrected chi connectivity index (χ2v) is 9.10. The average molecular weight is 369 g/mol. The fourth-order valence-electron chi connectivity index (χ4n) is 4.01. The van der Waals surface area contributed by atoms with Gasteiger partial charge in [0.05, 0.1) is 5.56 Å². The number of hydrogen-bond donors (Lipinski definition) is 2. The zero-order valence-electron chi connectivity index (χ0n) is 15.0. The summed E-state index contributed by atoms with van der Waals surface area (Å²) in [5.74, 6) is -3.63. The van der Waals surface area contributed by atoms with E-state index in [4.69, 9.17) is 0 Å². The fraction of sp³-hybridized carbons (Fsp3) is 0.632. The summed E-state index contributed by atoms with van der Waals surface area (Å²) in [7, 11) is 1.73. The number of fused-ring (bicyclic) bond motifs is 1. The predicted octanol–water partition coefficient (Wildman–Crippen LogP) is 4.75. The molecule has 0 saturated heterocycles. The number of aryl methyl sites for hydroxylation is 1. The van der Waals surface area contributed by atoms with Crippen LogP contribution in [0.3, 0.4) is 0 Å². The van der Waals surface area contributed by atoms with Crippen molar-refractivity contribution in [3.8, 4) is 0 Å². The van der Waals surface area contributed by atoms with Crippen molar-refractivity contribution >= 4 is 22.9 Å². The van der Waals surface area contributed by atoms with Gasteiger partial charge in [0.1, 0.15) is 0 Å². The van der Waals surface area contributed by atoms with Crippen molar-refractivity contribution in [2.24, 2.45) is 5.41 Å². The van der Waals surface area contributed by atoms with Gasteiger partial charge in [0.15, 0.2) is 0 Å². The topological polar surface area (TPSA) is 49.3 Å². The Bertz CT molecular complexity index is 734. The number of hydrogen-bond acceptors (Lipinski definition) is 3. The number of nitrogens with one attached hydrogen (secondary N) is 1. The average Bonchev–Trinajstić information content (AvgIpc) is 2.84. The smallest absolute Gasteiger partial charge is 0.337 e. The third-order valence-corrected chi connectivity index (χ3v) is 6.64. The fourth-order valence-corrected chi connectivity index (χ4v) is 5.44. The molecule has 0 atom stereocenters. The summed E-state index contributed by atoms with van der Waals surface area (Å²) >= 11 is 1.52. The maximum absolute atomic E-state index is 13.9. The van der Waals surface area contributed by atoms with Crippen LogP contribution in [0.2, 0.25) is 0 Å². The molecule has 0 aromatic carbocycles. The van der Waals surface area contributed by atoms with Crippen LogP contribution in [0.15, 0.2) is 5.57 Å². The highest BCUT2D eigenvalue weighted by Crippen LogP contribution is 2.48. The molecule has 3 nitrogen and oxygen atoms in total. The number of carbonyl (C=O) groups is 1. The van der Waals surface area contributed by atoms with E-state index in [0.717, 1.165) is 40.2 Å². The van der Waals surface area contributed by atoms with Crippen LogP contribution in [0.1, 0.15) is 65.2 Å². The van der Waals surface area contributed by atoms with Gasteiger partial charge in [0.25, 0.3) is 5.92 Å². The Balaban J connectivity index is 2.13. The largest absolute Gasteiger partial charge is 0.478 e. The number of likely N-dealkylation sites (N-methyl/N-ethyl adjacent to an activating group) is 1. The summed E-state index contributed by atoms with van der Waals surface area (Å²) in [5.41, 5.74) is 2.85. The lowest BCUT2D eigenvalue weighted by Gasteiger charge is -2.29. The number of carboxylic acids is 1. The van der Waals surface area contributed by atoms with Crippen molar-refractivity contribution < 1.29 is 18.7 Å². The van der Waals surface area contributed by atoms with Crippen LogP contribution in [0.4, 0.5) is 8.78 Å². The van der Waals surface area contributed by atoms with Crippen molar-refractivity contribution in [3.05, 3.63) is 26.5 Å². The van der Waals surface area contributed by atoms with Gasteiger partial charge < -0.3 is 10.4 Å². The van der Waals surface area contributed by atoms with E-state index >= 15 is 0 Å². The molecule has 1 aromatic heterocycles. The van der Waals surface area contributed by atoms with E-state index in [1.54, 1.807) is 7.05 Å². The van der Waals surface area contributed by atoms with Gasteiger partial charge in [0.2, 0.25) is 0 Å². The first-order valence-corrected chi connectivity index (χ1v) is 9.57. The molecule has 0 unspecified atom stereocenters. The summed E-state index contributed by atoms with van der Waals surface area (Å²) in [6.45, 7) is 4.69. The van der Waals surface area contributed by atoms with E-state index in [0.29, 0.717) is 17.7 Å². The molecule has 2 N–H and O–H groups in total. The molecule has 1 aromatic rings. The maximum atomic E-state index is 13.9. The number of halogens is 2.